The average molecular weight is 519 g/mol. The maximum atomic E-state index is 13.1. The van der Waals surface area contributed by atoms with Gasteiger partial charge in [-0.05, 0) is 68.0 Å². The van der Waals surface area contributed by atoms with E-state index in [1.165, 1.54) is 31.5 Å². The van der Waals surface area contributed by atoms with Gasteiger partial charge in [-0.3, -0.25) is 0 Å². The number of amides is 2. The number of benzene rings is 2. The van der Waals surface area contributed by atoms with Crippen molar-refractivity contribution < 1.29 is 4.79 Å². The number of carbonyl (C=O) groups excluding carboxylic acids is 1. The molecule has 0 bridgehead atoms. The Morgan fingerprint density at radius 2 is 1.63 bits per heavy atom. The molecule has 5 heteroatoms. The monoisotopic (exact) mass is 518 g/mol. The molecule has 2 aromatic rings. The molecular formula is C33H50N4O. The second kappa shape index (κ2) is 14.1. The maximum Gasteiger partial charge on any atom is 0.317 e. The van der Waals surface area contributed by atoms with Gasteiger partial charge >= 0.3 is 6.03 Å². The molecule has 38 heavy (non-hydrogen) atoms. The summed E-state index contributed by atoms with van der Waals surface area (Å²) in [4.78, 5) is 20.6. The molecule has 1 saturated heterocycles. The van der Waals surface area contributed by atoms with Crippen LogP contribution in [-0.4, -0.2) is 72.6 Å². The maximum absolute atomic E-state index is 13.1. The molecule has 1 saturated carbocycles. The molecule has 0 spiro atoms. The quantitative estimate of drug-likeness (QED) is 0.384. The number of rotatable bonds is 11. The SMILES string of the molecule is CCCN(C(=O)NCc1ccccc1)C1CCN(CC2CC(N(C)CC(C)C)CC2c2ccccc2)CC1. The Balaban J connectivity index is 1.33. The second-order valence-corrected chi connectivity index (χ2v) is 12.1. The minimum atomic E-state index is 0.0881. The number of carbonyl (C=O) groups is 1. The predicted octanol–water partition coefficient (Wildman–Crippen LogP) is 6.22. The van der Waals surface area contributed by atoms with Crippen LogP contribution < -0.4 is 5.32 Å². The molecule has 4 rings (SSSR count). The zero-order chi connectivity index (χ0) is 26.9. The minimum absolute atomic E-state index is 0.0881. The van der Waals surface area contributed by atoms with Crippen molar-refractivity contribution in [2.24, 2.45) is 11.8 Å². The van der Waals surface area contributed by atoms with Gasteiger partial charge in [0.1, 0.15) is 0 Å². The van der Waals surface area contributed by atoms with Crippen LogP contribution in [0.3, 0.4) is 0 Å². The largest absolute Gasteiger partial charge is 0.334 e. The first kappa shape index (κ1) is 28.6. The van der Waals surface area contributed by atoms with Crippen LogP contribution in [0.2, 0.25) is 0 Å². The van der Waals surface area contributed by atoms with E-state index in [0.29, 0.717) is 36.4 Å². The lowest BCUT2D eigenvalue weighted by molar-refractivity contribution is 0.108. The van der Waals surface area contributed by atoms with Crippen LogP contribution in [0.1, 0.15) is 69.9 Å². The number of likely N-dealkylation sites (tertiary alicyclic amines) is 1. The van der Waals surface area contributed by atoms with Gasteiger partial charge in [0.2, 0.25) is 0 Å². The highest BCUT2D eigenvalue weighted by Crippen LogP contribution is 2.42. The lowest BCUT2D eigenvalue weighted by Crippen LogP contribution is -2.51. The molecule has 1 heterocycles. The zero-order valence-electron chi connectivity index (χ0n) is 24.2. The Bertz CT molecular complexity index is 957. The summed E-state index contributed by atoms with van der Waals surface area (Å²) in [5, 5.41) is 3.17. The molecule has 3 atom stereocenters. The van der Waals surface area contributed by atoms with E-state index in [-0.39, 0.29) is 6.03 Å². The van der Waals surface area contributed by atoms with Gasteiger partial charge < -0.3 is 20.0 Å². The molecule has 2 aliphatic rings. The van der Waals surface area contributed by atoms with Gasteiger partial charge in [-0.2, -0.15) is 0 Å². The summed E-state index contributed by atoms with van der Waals surface area (Å²) < 4.78 is 0. The highest BCUT2D eigenvalue weighted by atomic mass is 16.2. The fourth-order valence-corrected chi connectivity index (χ4v) is 6.80. The number of hydrogen-bond acceptors (Lipinski definition) is 3. The number of hydrogen-bond donors (Lipinski definition) is 1. The summed E-state index contributed by atoms with van der Waals surface area (Å²) in [7, 11) is 2.33. The summed E-state index contributed by atoms with van der Waals surface area (Å²) >= 11 is 0. The third-order valence-electron chi connectivity index (χ3n) is 8.68. The van der Waals surface area contributed by atoms with Crippen LogP contribution in [0, 0.1) is 11.8 Å². The molecule has 1 aliphatic heterocycles. The van der Waals surface area contributed by atoms with Gasteiger partial charge in [-0.1, -0.05) is 81.4 Å². The van der Waals surface area contributed by atoms with Gasteiger partial charge in [0.05, 0.1) is 0 Å². The summed E-state index contributed by atoms with van der Waals surface area (Å²) in [5.41, 5.74) is 2.66. The summed E-state index contributed by atoms with van der Waals surface area (Å²) in [6.07, 6.45) is 5.67. The van der Waals surface area contributed by atoms with Crippen LogP contribution in [0.25, 0.3) is 0 Å². The van der Waals surface area contributed by atoms with E-state index in [4.69, 9.17) is 0 Å². The molecule has 1 N–H and O–H groups in total. The van der Waals surface area contributed by atoms with E-state index >= 15 is 0 Å². The topological polar surface area (TPSA) is 38.8 Å². The first-order chi connectivity index (χ1) is 18.4. The van der Waals surface area contributed by atoms with Crippen molar-refractivity contribution in [3.05, 3.63) is 71.8 Å². The normalized spacial score (nSPS) is 22.7. The minimum Gasteiger partial charge on any atom is -0.334 e. The zero-order valence-corrected chi connectivity index (χ0v) is 24.2. The van der Waals surface area contributed by atoms with Crippen molar-refractivity contribution in [1.29, 1.82) is 0 Å². The molecule has 2 aromatic carbocycles. The molecule has 2 fully saturated rings. The smallest absolute Gasteiger partial charge is 0.317 e. The standard InChI is InChI=1S/C33H50N4O/c1-5-18-37(33(38)34-23-27-12-8-6-9-13-27)30-16-19-36(20-17-30)25-29-21-31(35(4)24-26(2)3)22-32(29)28-14-10-7-11-15-28/h6-15,26,29-32H,5,16-25H2,1-4H3,(H,34,38). The Labute approximate surface area is 231 Å². The van der Waals surface area contributed by atoms with Crippen molar-refractivity contribution >= 4 is 6.03 Å². The highest BCUT2D eigenvalue weighted by molar-refractivity contribution is 5.74. The van der Waals surface area contributed by atoms with Crippen molar-refractivity contribution in [2.45, 2.75) is 77.4 Å². The Morgan fingerprint density at radius 3 is 2.26 bits per heavy atom. The number of nitrogens with one attached hydrogen (secondary N) is 1. The molecule has 5 nitrogen and oxygen atoms in total. The first-order valence-corrected chi connectivity index (χ1v) is 15.0. The van der Waals surface area contributed by atoms with E-state index in [0.717, 1.165) is 44.5 Å². The fourth-order valence-electron chi connectivity index (χ4n) is 6.80. The first-order valence-electron chi connectivity index (χ1n) is 15.0. The molecule has 208 valence electrons. The van der Waals surface area contributed by atoms with Gasteiger partial charge in [0, 0.05) is 51.4 Å². The molecule has 3 unspecified atom stereocenters. The lowest BCUT2D eigenvalue weighted by Gasteiger charge is -2.40. The van der Waals surface area contributed by atoms with Crippen molar-refractivity contribution in [3.63, 3.8) is 0 Å². The fraction of sp³-hybridized carbons (Fsp3) is 0.606. The number of piperidine rings is 1. The van der Waals surface area contributed by atoms with E-state index in [9.17, 15) is 4.79 Å². The van der Waals surface area contributed by atoms with Gasteiger partial charge in [0.15, 0.2) is 0 Å². The number of urea groups is 1. The summed E-state index contributed by atoms with van der Waals surface area (Å²) in [6, 6.07) is 22.5. The van der Waals surface area contributed by atoms with Crippen molar-refractivity contribution in [2.75, 3.05) is 39.8 Å². The van der Waals surface area contributed by atoms with Crippen LogP contribution in [-0.2, 0) is 6.54 Å². The summed E-state index contributed by atoms with van der Waals surface area (Å²) in [5.74, 6) is 2.02. The molecular weight excluding hydrogens is 468 g/mol. The van der Waals surface area contributed by atoms with Gasteiger partial charge in [-0.15, -0.1) is 0 Å². The number of nitrogens with zero attached hydrogens (tertiary/aromatic N) is 3. The van der Waals surface area contributed by atoms with Gasteiger partial charge in [-0.25, -0.2) is 4.79 Å². The Morgan fingerprint density at radius 1 is 0.974 bits per heavy atom. The molecule has 2 amide bonds. The van der Waals surface area contributed by atoms with E-state index in [1.54, 1.807) is 0 Å². The van der Waals surface area contributed by atoms with Crippen LogP contribution in [0.15, 0.2) is 60.7 Å². The Hall–Kier alpha value is -2.37. The average Bonchev–Trinajstić information content (AvgIpc) is 3.35. The molecule has 0 radical (unpaired) electrons. The van der Waals surface area contributed by atoms with Crippen LogP contribution in [0.5, 0.6) is 0 Å². The molecule has 0 aromatic heterocycles. The third-order valence-corrected chi connectivity index (χ3v) is 8.68. The third kappa shape index (κ3) is 7.83. The van der Waals surface area contributed by atoms with Gasteiger partial charge in [0.25, 0.3) is 0 Å². The van der Waals surface area contributed by atoms with Crippen molar-refractivity contribution in [1.82, 2.24) is 20.0 Å². The predicted molar refractivity (Wildman–Crippen MR) is 158 cm³/mol. The molecule has 1 aliphatic carbocycles. The van der Waals surface area contributed by atoms with E-state index < -0.39 is 0 Å². The highest BCUT2D eigenvalue weighted by Gasteiger charge is 2.38. The van der Waals surface area contributed by atoms with Crippen molar-refractivity contribution in [3.8, 4) is 0 Å². The van der Waals surface area contributed by atoms with E-state index in [2.05, 4.69) is 90.3 Å². The van der Waals surface area contributed by atoms with Crippen LogP contribution >= 0.6 is 0 Å². The van der Waals surface area contributed by atoms with Crippen LogP contribution in [0.4, 0.5) is 4.79 Å². The Kier molecular flexibility index (Phi) is 10.7. The lowest BCUT2D eigenvalue weighted by atomic mass is 9.88. The van der Waals surface area contributed by atoms with E-state index in [1.807, 2.05) is 18.2 Å². The summed E-state index contributed by atoms with van der Waals surface area (Å²) in [6.45, 7) is 12.8. The second-order valence-electron chi connectivity index (χ2n) is 12.1.